The molecule has 1 aromatic rings. The molecular formula is C16H22N3+. The van der Waals surface area contributed by atoms with E-state index in [1.54, 1.807) is 0 Å². The van der Waals surface area contributed by atoms with Crippen molar-refractivity contribution in [1.29, 1.82) is 0 Å². The van der Waals surface area contributed by atoms with Crippen LogP contribution in [-0.4, -0.2) is 11.1 Å². The fourth-order valence-electron chi connectivity index (χ4n) is 3.14. The van der Waals surface area contributed by atoms with Gasteiger partial charge in [0.25, 0.3) is 0 Å². The lowest BCUT2D eigenvalue weighted by Crippen LogP contribution is -2.56. The first-order valence-electron chi connectivity index (χ1n) is 7.18. The lowest BCUT2D eigenvalue weighted by Gasteiger charge is -2.22. The number of nitrogens with zero attached hydrogens (tertiary/aromatic N) is 2. The van der Waals surface area contributed by atoms with E-state index in [0.717, 1.165) is 12.8 Å². The van der Waals surface area contributed by atoms with Crippen LogP contribution in [0.2, 0.25) is 0 Å². The maximum Gasteiger partial charge on any atom is 0.231 e. The molecule has 1 N–H and O–H groups in total. The zero-order valence-electron chi connectivity index (χ0n) is 11.9. The fourth-order valence-corrected chi connectivity index (χ4v) is 3.14. The molecule has 3 heterocycles. The van der Waals surface area contributed by atoms with Crippen molar-refractivity contribution in [1.82, 2.24) is 10.4 Å². The van der Waals surface area contributed by atoms with E-state index in [1.807, 2.05) is 0 Å². The number of hydrogen-bond donors (Lipinski definition) is 1. The Morgan fingerprint density at radius 3 is 2.84 bits per heavy atom. The summed E-state index contributed by atoms with van der Waals surface area (Å²) in [4.78, 5) is 0. The van der Waals surface area contributed by atoms with Crippen LogP contribution in [0.5, 0.6) is 0 Å². The summed E-state index contributed by atoms with van der Waals surface area (Å²) in [6.07, 6.45) is 11.2. The summed E-state index contributed by atoms with van der Waals surface area (Å²) < 4.78 is 2.43. The molecular weight excluding hydrogens is 234 g/mol. The molecule has 0 amide bonds. The third-order valence-corrected chi connectivity index (χ3v) is 4.37. The van der Waals surface area contributed by atoms with Crippen molar-refractivity contribution in [3.8, 4) is 0 Å². The van der Waals surface area contributed by atoms with Crippen LogP contribution in [-0.2, 0) is 5.54 Å². The molecule has 0 radical (unpaired) electrons. The first-order chi connectivity index (χ1) is 9.20. The van der Waals surface area contributed by atoms with Crippen LogP contribution in [0.25, 0.3) is 5.70 Å². The van der Waals surface area contributed by atoms with E-state index in [-0.39, 0.29) is 5.54 Å². The molecule has 1 aromatic heterocycles. The van der Waals surface area contributed by atoms with E-state index in [2.05, 4.69) is 78.5 Å². The average molecular weight is 256 g/mol. The molecule has 1 unspecified atom stereocenters. The minimum Gasteiger partial charge on any atom is -0.277 e. The third kappa shape index (κ3) is 1.80. The van der Waals surface area contributed by atoms with Gasteiger partial charge in [-0.1, -0.05) is 13.8 Å². The molecule has 100 valence electrons. The second-order valence-electron chi connectivity index (χ2n) is 5.42. The number of hydrogen-bond acceptors (Lipinski definition) is 2. The molecule has 0 saturated carbocycles. The van der Waals surface area contributed by atoms with Gasteiger partial charge in [-0.2, -0.15) is 4.57 Å². The van der Waals surface area contributed by atoms with E-state index >= 15 is 0 Å². The molecule has 19 heavy (non-hydrogen) atoms. The monoisotopic (exact) mass is 256 g/mol. The Labute approximate surface area is 115 Å². The van der Waals surface area contributed by atoms with Gasteiger partial charge in [0.2, 0.25) is 5.69 Å². The molecule has 0 aliphatic carbocycles. The van der Waals surface area contributed by atoms with Crippen molar-refractivity contribution in [2.75, 3.05) is 0 Å². The first kappa shape index (κ1) is 12.4. The minimum absolute atomic E-state index is 0.0761. The summed E-state index contributed by atoms with van der Waals surface area (Å²) in [5, 5.41) is 2.16. The van der Waals surface area contributed by atoms with Crippen LogP contribution in [0.15, 0.2) is 42.7 Å². The Bertz CT molecular complexity index is 541. The topological polar surface area (TPSA) is 19.1 Å². The van der Waals surface area contributed by atoms with Crippen molar-refractivity contribution in [3.05, 3.63) is 48.4 Å². The number of nitrogens with one attached hydrogen (secondary N) is 1. The van der Waals surface area contributed by atoms with E-state index < -0.39 is 0 Å². The zero-order valence-corrected chi connectivity index (χ0v) is 11.9. The highest BCUT2D eigenvalue weighted by Gasteiger charge is 2.40. The second-order valence-corrected chi connectivity index (χ2v) is 5.42. The molecule has 2 aliphatic heterocycles. The van der Waals surface area contributed by atoms with E-state index in [0.29, 0.717) is 6.04 Å². The molecule has 1 atom stereocenters. The number of allylic oxidation sites excluding steroid dienone is 1. The van der Waals surface area contributed by atoms with Gasteiger partial charge in [0.05, 0.1) is 0 Å². The molecule has 3 nitrogen and oxygen atoms in total. The smallest absolute Gasteiger partial charge is 0.231 e. The Morgan fingerprint density at radius 2 is 2.11 bits per heavy atom. The quantitative estimate of drug-likeness (QED) is 0.820. The number of rotatable bonds is 2. The standard InChI is InChI=1S/C16H22N3/c1-4-16(5-2)9-11-19-15(12-13(3)17-19)14-8-6-7-10-18(14)16/h6-13,17H,4-5H2,1-3H3/q+1. The van der Waals surface area contributed by atoms with Gasteiger partial charge >= 0.3 is 0 Å². The summed E-state index contributed by atoms with van der Waals surface area (Å²) in [5.74, 6) is 0. The summed E-state index contributed by atoms with van der Waals surface area (Å²) in [6, 6.07) is 6.84. The highest BCUT2D eigenvalue weighted by atomic mass is 15.5. The van der Waals surface area contributed by atoms with Crippen molar-refractivity contribution >= 4 is 5.70 Å². The highest BCUT2D eigenvalue weighted by molar-refractivity contribution is 5.62. The largest absolute Gasteiger partial charge is 0.277 e. The summed E-state index contributed by atoms with van der Waals surface area (Å²) >= 11 is 0. The Morgan fingerprint density at radius 1 is 1.32 bits per heavy atom. The number of hydrazine groups is 1. The molecule has 3 heteroatoms. The summed E-state index contributed by atoms with van der Waals surface area (Å²) in [7, 11) is 0. The summed E-state index contributed by atoms with van der Waals surface area (Å²) in [5.41, 5.74) is 6.08. The number of pyridine rings is 1. The van der Waals surface area contributed by atoms with Crippen molar-refractivity contribution < 1.29 is 4.57 Å². The molecule has 0 aromatic carbocycles. The Hall–Kier alpha value is -1.61. The normalized spacial score (nSPS) is 23.6. The maximum absolute atomic E-state index is 3.46. The van der Waals surface area contributed by atoms with Crippen LogP contribution in [0.3, 0.4) is 0 Å². The van der Waals surface area contributed by atoms with Crippen molar-refractivity contribution in [3.63, 3.8) is 0 Å². The predicted octanol–water partition coefficient (Wildman–Crippen LogP) is 2.57. The molecule has 2 aliphatic rings. The number of fused-ring (bicyclic) bond motifs is 3. The van der Waals surface area contributed by atoms with Crippen molar-refractivity contribution in [2.45, 2.75) is 45.2 Å². The molecule has 3 rings (SSSR count). The lowest BCUT2D eigenvalue weighted by molar-refractivity contribution is -0.755. The SMILES string of the molecule is CCC1(CC)C=CN2NC(C)C=C2c2cccc[n+]21. The summed E-state index contributed by atoms with van der Waals surface area (Å²) in [6.45, 7) is 6.70. The minimum atomic E-state index is 0.0761. The van der Waals surface area contributed by atoms with Crippen LogP contribution in [0, 0.1) is 0 Å². The van der Waals surface area contributed by atoms with E-state index in [9.17, 15) is 0 Å². The van der Waals surface area contributed by atoms with Gasteiger partial charge in [-0.25, -0.2) is 5.43 Å². The van der Waals surface area contributed by atoms with Gasteiger partial charge in [0.1, 0.15) is 5.70 Å². The zero-order chi connectivity index (χ0) is 13.5. The van der Waals surface area contributed by atoms with E-state index in [1.165, 1.54) is 11.4 Å². The van der Waals surface area contributed by atoms with Crippen LogP contribution < -0.4 is 9.99 Å². The van der Waals surface area contributed by atoms with Gasteiger partial charge in [0.15, 0.2) is 11.7 Å². The van der Waals surface area contributed by atoms with Crippen LogP contribution in [0.4, 0.5) is 0 Å². The van der Waals surface area contributed by atoms with Gasteiger partial charge in [-0.05, 0) is 19.1 Å². The molecule has 0 bridgehead atoms. The molecule has 0 spiro atoms. The van der Waals surface area contributed by atoms with Gasteiger partial charge in [-0.3, -0.25) is 5.01 Å². The van der Waals surface area contributed by atoms with Crippen LogP contribution in [0.1, 0.15) is 39.3 Å². The maximum atomic E-state index is 3.46. The average Bonchev–Trinajstić information content (AvgIpc) is 2.76. The highest BCUT2D eigenvalue weighted by Crippen LogP contribution is 2.30. The van der Waals surface area contributed by atoms with Gasteiger partial charge < -0.3 is 0 Å². The Balaban J connectivity index is 2.23. The second kappa shape index (κ2) is 4.49. The third-order valence-electron chi connectivity index (χ3n) is 4.37. The lowest BCUT2D eigenvalue weighted by atomic mass is 9.91. The fraction of sp³-hybridized carbons (Fsp3) is 0.438. The molecule has 0 saturated heterocycles. The Kier molecular flexibility index (Phi) is 2.94. The van der Waals surface area contributed by atoms with E-state index in [4.69, 9.17) is 0 Å². The van der Waals surface area contributed by atoms with Crippen molar-refractivity contribution in [2.24, 2.45) is 0 Å². The number of aromatic nitrogens is 1. The first-order valence-corrected chi connectivity index (χ1v) is 7.18. The van der Waals surface area contributed by atoms with Gasteiger partial charge in [0, 0.05) is 43.3 Å². The molecule has 0 fully saturated rings. The van der Waals surface area contributed by atoms with Crippen LogP contribution >= 0.6 is 0 Å². The predicted molar refractivity (Wildman–Crippen MR) is 76.7 cm³/mol. The van der Waals surface area contributed by atoms with Gasteiger partial charge in [-0.15, -0.1) is 0 Å².